The molecule has 0 bridgehead atoms. The number of aromatic nitrogens is 4. The van der Waals surface area contributed by atoms with Gasteiger partial charge in [0, 0.05) is 28.9 Å². The number of pyridine rings is 2. The van der Waals surface area contributed by atoms with Crippen LogP contribution < -0.4 is 9.47 Å². The number of hydrogen-bond donors (Lipinski definition) is 1. The Morgan fingerprint density at radius 3 is 2.12 bits per heavy atom. The van der Waals surface area contributed by atoms with Crippen LogP contribution in [-0.2, 0) is 0 Å². The van der Waals surface area contributed by atoms with Gasteiger partial charge in [-0.1, -0.05) is 35.3 Å². The first-order valence-corrected chi connectivity index (χ1v) is 10.5. The molecule has 2 aromatic carbocycles. The number of fused-ring (bicyclic) bond motifs is 2. The van der Waals surface area contributed by atoms with Crippen molar-refractivity contribution >= 4 is 34.1 Å². The zero-order chi connectivity index (χ0) is 21.9. The first kappa shape index (κ1) is 20.3. The van der Waals surface area contributed by atoms with Gasteiger partial charge in [-0.05, 0) is 59.7 Å². The fourth-order valence-corrected chi connectivity index (χ4v) is 3.83. The summed E-state index contributed by atoms with van der Waals surface area (Å²) < 4.78 is 10.6. The third-order valence-corrected chi connectivity index (χ3v) is 5.56. The highest BCUT2D eigenvalue weighted by atomic mass is 35.5. The minimum atomic E-state index is 0.277. The van der Waals surface area contributed by atoms with Gasteiger partial charge in [0.05, 0.1) is 11.7 Å². The number of halogens is 2. The molecule has 3 aromatic heterocycles. The summed E-state index contributed by atoms with van der Waals surface area (Å²) in [5, 5.41) is 8.97. The van der Waals surface area contributed by atoms with E-state index in [4.69, 9.17) is 32.7 Å². The quantitative estimate of drug-likeness (QED) is 0.307. The average molecular weight is 463 g/mol. The van der Waals surface area contributed by atoms with Crippen molar-refractivity contribution in [3.05, 3.63) is 89.6 Å². The number of nitrogens with zero attached hydrogens (tertiary/aromatic N) is 3. The Bertz CT molecular complexity index is 1400. The lowest BCUT2D eigenvalue weighted by molar-refractivity contribution is 0.174. The first-order valence-electron chi connectivity index (χ1n) is 9.73. The molecule has 5 aromatic rings. The molecule has 0 radical (unpaired) electrons. The third kappa shape index (κ3) is 4.10. The van der Waals surface area contributed by atoms with Crippen molar-refractivity contribution < 1.29 is 9.47 Å². The smallest absolute Gasteiger partial charge is 0.231 e. The van der Waals surface area contributed by atoms with Gasteiger partial charge in [0.1, 0.15) is 10.3 Å². The molecule has 0 unspecified atom stereocenters. The second-order valence-corrected chi connectivity index (χ2v) is 7.64. The topological polar surface area (TPSA) is 72.9 Å². The molecule has 0 saturated carbocycles. The number of ether oxygens (including phenoxy) is 2. The monoisotopic (exact) mass is 462 g/mol. The zero-order valence-electron chi connectivity index (χ0n) is 16.6. The van der Waals surface area contributed by atoms with Crippen molar-refractivity contribution in [3.8, 4) is 33.8 Å². The van der Waals surface area contributed by atoms with Gasteiger partial charge in [0.2, 0.25) is 6.79 Å². The Labute approximate surface area is 193 Å². The van der Waals surface area contributed by atoms with E-state index in [2.05, 4.69) is 20.2 Å². The Kier molecular flexibility index (Phi) is 5.62. The largest absolute Gasteiger partial charge is 0.454 e. The van der Waals surface area contributed by atoms with Gasteiger partial charge in [-0.2, -0.15) is 5.10 Å². The van der Waals surface area contributed by atoms with E-state index in [1.807, 2.05) is 60.7 Å². The van der Waals surface area contributed by atoms with Gasteiger partial charge in [-0.25, -0.2) is 9.97 Å². The Morgan fingerprint density at radius 2 is 1.41 bits per heavy atom. The van der Waals surface area contributed by atoms with E-state index < -0.39 is 0 Å². The molecule has 0 aliphatic carbocycles. The second kappa shape index (κ2) is 8.86. The number of hydrogen-bond acceptors (Lipinski definition) is 5. The van der Waals surface area contributed by atoms with Crippen molar-refractivity contribution in [2.45, 2.75) is 0 Å². The molecule has 0 fully saturated rings. The molecule has 4 heterocycles. The molecule has 6 rings (SSSR count). The lowest BCUT2D eigenvalue weighted by atomic mass is 10.1. The van der Waals surface area contributed by atoms with Crippen LogP contribution in [-0.4, -0.2) is 27.0 Å². The summed E-state index contributed by atoms with van der Waals surface area (Å²) in [6.07, 6.45) is 5.14. The molecule has 1 N–H and O–H groups in total. The van der Waals surface area contributed by atoms with Crippen molar-refractivity contribution in [1.82, 2.24) is 20.2 Å². The van der Waals surface area contributed by atoms with Crippen molar-refractivity contribution in [3.63, 3.8) is 0 Å². The molecule has 8 heteroatoms. The van der Waals surface area contributed by atoms with E-state index in [1.165, 1.54) is 0 Å². The number of aromatic amines is 1. The van der Waals surface area contributed by atoms with Crippen molar-refractivity contribution in [2.75, 3.05) is 6.79 Å². The molecule has 1 aliphatic heterocycles. The summed E-state index contributed by atoms with van der Waals surface area (Å²) in [5.41, 5.74) is 4.87. The maximum Gasteiger partial charge on any atom is 0.231 e. The van der Waals surface area contributed by atoms with Gasteiger partial charge in [-0.3, -0.25) is 5.10 Å². The number of rotatable bonds is 2. The Hall–Kier alpha value is -3.61. The highest BCUT2D eigenvalue weighted by Gasteiger charge is 2.14. The predicted octanol–water partition coefficient (Wildman–Crippen LogP) is 6.41. The number of H-pyrrole nitrogens is 1. The molecule has 32 heavy (non-hydrogen) atoms. The van der Waals surface area contributed by atoms with Crippen LogP contribution in [0.5, 0.6) is 11.5 Å². The third-order valence-electron chi connectivity index (χ3n) is 4.95. The van der Waals surface area contributed by atoms with Crippen LogP contribution in [0.2, 0.25) is 10.3 Å². The number of nitrogens with one attached hydrogen (secondary N) is 1. The molecule has 6 nitrogen and oxygen atoms in total. The van der Waals surface area contributed by atoms with Gasteiger partial charge >= 0.3 is 0 Å². The fourth-order valence-electron chi connectivity index (χ4n) is 3.38. The van der Waals surface area contributed by atoms with E-state index in [-0.39, 0.29) is 6.79 Å². The molecule has 1 aliphatic rings. The maximum atomic E-state index is 6.05. The Morgan fingerprint density at radius 1 is 0.750 bits per heavy atom. The van der Waals surface area contributed by atoms with Gasteiger partial charge in [-0.15, -0.1) is 0 Å². The summed E-state index contributed by atoms with van der Waals surface area (Å²) in [7, 11) is 0. The molecular formula is C24H16Cl2N4O2. The van der Waals surface area contributed by atoms with Gasteiger partial charge in [0.15, 0.2) is 11.5 Å². The van der Waals surface area contributed by atoms with E-state index in [1.54, 1.807) is 18.6 Å². The average Bonchev–Trinajstić information content (AvgIpc) is 3.48. The van der Waals surface area contributed by atoms with E-state index >= 15 is 0 Å². The fraction of sp³-hybridized carbons (Fsp3) is 0.0417. The van der Waals surface area contributed by atoms with Crippen molar-refractivity contribution in [2.24, 2.45) is 0 Å². The summed E-state index contributed by atoms with van der Waals surface area (Å²) in [4.78, 5) is 8.11. The summed E-state index contributed by atoms with van der Waals surface area (Å²) >= 11 is 12.1. The van der Waals surface area contributed by atoms with Crippen LogP contribution in [0.4, 0.5) is 0 Å². The van der Waals surface area contributed by atoms with Crippen LogP contribution in [0, 0.1) is 0 Å². The summed E-state index contributed by atoms with van der Waals surface area (Å²) in [5.74, 6) is 1.51. The van der Waals surface area contributed by atoms with E-state index in [0.717, 1.165) is 44.7 Å². The molecule has 0 amide bonds. The Balaban J connectivity index is 0.000000135. The van der Waals surface area contributed by atoms with Crippen LogP contribution in [0.1, 0.15) is 0 Å². The van der Waals surface area contributed by atoms with E-state index in [9.17, 15) is 0 Å². The molecule has 0 saturated heterocycles. The number of benzene rings is 2. The minimum Gasteiger partial charge on any atom is -0.454 e. The van der Waals surface area contributed by atoms with Crippen LogP contribution in [0.3, 0.4) is 0 Å². The SMILES string of the molecule is Clc1ncccc1-c1ccc2[nH]ncc2c1.Clc1ncccc1-c1ccc2c(c1)OCO2. The normalized spacial score (nSPS) is 11.8. The lowest BCUT2D eigenvalue weighted by Crippen LogP contribution is -1.92. The van der Waals surface area contributed by atoms with Crippen LogP contribution in [0.25, 0.3) is 33.2 Å². The van der Waals surface area contributed by atoms with Crippen molar-refractivity contribution in [1.29, 1.82) is 0 Å². The maximum absolute atomic E-state index is 6.05. The zero-order valence-corrected chi connectivity index (χ0v) is 18.1. The second-order valence-electron chi connectivity index (χ2n) is 6.92. The molecule has 158 valence electrons. The summed E-state index contributed by atoms with van der Waals surface area (Å²) in [6, 6.07) is 19.4. The molecular weight excluding hydrogens is 447 g/mol. The summed E-state index contributed by atoms with van der Waals surface area (Å²) in [6.45, 7) is 0.277. The highest BCUT2D eigenvalue weighted by molar-refractivity contribution is 6.32. The molecule has 0 spiro atoms. The first-order chi connectivity index (χ1) is 15.7. The predicted molar refractivity (Wildman–Crippen MR) is 125 cm³/mol. The highest BCUT2D eigenvalue weighted by Crippen LogP contribution is 2.37. The van der Waals surface area contributed by atoms with Crippen LogP contribution >= 0.6 is 23.2 Å². The van der Waals surface area contributed by atoms with Gasteiger partial charge < -0.3 is 9.47 Å². The van der Waals surface area contributed by atoms with Crippen LogP contribution in [0.15, 0.2) is 79.3 Å². The minimum absolute atomic E-state index is 0.277. The lowest BCUT2D eigenvalue weighted by Gasteiger charge is -2.04. The van der Waals surface area contributed by atoms with E-state index in [0.29, 0.717) is 10.3 Å². The van der Waals surface area contributed by atoms with Gasteiger partial charge in [0.25, 0.3) is 0 Å². The standard InChI is InChI=1S/C12H8ClN3.C12H8ClNO2/c13-12-10(2-1-5-14-12)8-3-4-11-9(6-8)7-15-16-11;13-12-9(2-1-5-14-12)8-3-4-10-11(6-8)16-7-15-10/h1-7H,(H,15,16);1-6H,7H2. The molecule has 0 atom stereocenters.